The van der Waals surface area contributed by atoms with Crippen LogP contribution < -0.4 is 0 Å². The van der Waals surface area contributed by atoms with E-state index in [0.717, 1.165) is 5.56 Å². The van der Waals surface area contributed by atoms with Crippen LogP contribution in [0.1, 0.15) is 48.0 Å². The molecule has 1 aromatic carbocycles. The maximum Gasteiger partial charge on any atom is 0.335 e. The lowest BCUT2D eigenvalue weighted by Crippen LogP contribution is -2.09. The van der Waals surface area contributed by atoms with E-state index in [0.29, 0.717) is 11.6 Å². The lowest BCUT2D eigenvalue weighted by molar-refractivity contribution is 0.0697. The molecule has 0 aliphatic heterocycles. The van der Waals surface area contributed by atoms with Crippen molar-refractivity contribution in [3.05, 3.63) is 35.4 Å². The Kier molecular flexibility index (Phi) is 3.91. The van der Waals surface area contributed by atoms with Gasteiger partial charge in [-0.2, -0.15) is 0 Å². The molecule has 0 heterocycles. The second kappa shape index (κ2) is 5.62. The highest BCUT2D eigenvalue weighted by Gasteiger charge is 2.10. The van der Waals surface area contributed by atoms with Crippen LogP contribution in [0, 0.1) is 0 Å². The fourth-order valence-corrected chi connectivity index (χ4v) is 2.13. The second-order valence-corrected chi connectivity index (χ2v) is 4.50. The highest BCUT2D eigenvalue weighted by molar-refractivity contribution is 5.89. The second-order valence-electron chi connectivity index (χ2n) is 4.50. The van der Waals surface area contributed by atoms with E-state index in [4.69, 9.17) is 5.11 Å². The van der Waals surface area contributed by atoms with Crippen LogP contribution in [0.2, 0.25) is 0 Å². The lowest BCUT2D eigenvalue weighted by Gasteiger charge is -2.17. The highest BCUT2D eigenvalue weighted by Crippen LogP contribution is 2.20. The molecule has 1 N–H and O–H groups in total. The normalized spacial score (nSPS) is 17.4. The van der Waals surface area contributed by atoms with E-state index < -0.39 is 5.97 Å². The van der Waals surface area contributed by atoms with Crippen LogP contribution in [0.4, 0.5) is 0 Å². The number of hydrogen-bond acceptors (Lipinski definition) is 2. The Morgan fingerprint density at radius 3 is 2.41 bits per heavy atom. The fourth-order valence-electron chi connectivity index (χ4n) is 2.13. The molecule has 0 atom stereocenters. The van der Waals surface area contributed by atoms with Crippen LogP contribution in [0.15, 0.2) is 29.3 Å². The summed E-state index contributed by atoms with van der Waals surface area (Å²) in [5.74, 6) is -0.888. The van der Waals surface area contributed by atoms with Crippen LogP contribution in [-0.2, 0) is 0 Å². The molecule has 90 valence electrons. The Balaban J connectivity index is 1.98. The zero-order valence-electron chi connectivity index (χ0n) is 9.80. The van der Waals surface area contributed by atoms with Gasteiger partial charge < -0.3 is 5.11 Å². The smallest absolute Gasteiger partial charge is 0.335 e. The zero-order chi connectivity index (χ0) is 12.1. The molecule has 1 fully saturated rings. The van der Waals surface area contributed by atoms with Crippen molar-refractivity contribution in [2.45, 2.75) is 38.1 Å². The van der Waals surface area contributed by atoms with Crippen LogP contribution in [0.5, 0.6) is 0 Å². The first kappa shape index (κ1) is 11.8. The maximum atomic E-state index is 10.7. The van der Waals surface area contributed by atoms with Gasteiger partial charge in [0.2, 0.25) is 0 Å². The van der Waals surface area contributed by atoms with Gasteiger partial charge >= 0.3 is 5.97 Å². The van der Waals surface area contributed by atoms with Crippen LogP contribution >= 0.6 is 0 Å². The molecule has 0 spiro atoms. The minimum Gasteiger partial charge on any atom is -0.478 e. The zero-order valence-corrected chi connectivity index (χ0v) is 9.80. The maximum absolute atomic E-state index is 10.7. The number of hydrogen-bond donors (Lipinski definition) is 1. The summed E-state index contributed by atoms with van der Waals surface area (Å²) in [6.45, 7) is 0. The summed E-state index contributed by atoms with van der Waals surface area (Å²) in [5.41, 5.74) is 1.29. The Labute approximate surface area is 101 Å². The van der Waals surface area contributed by atoms with E-state index in [1.807, 2.05) is 6.21 Å². The SMILES string of the molecule is O=C(O)c1ccc(C=NC2CCCCC2)cc1. The third-order valence-corrected chi connectivity index (χ3v) is 3.17. The van der Waals surface area contributed by atoms with Crippen molar-refractivity contribution in [1.82, 2.24) is 0 Å². The Morgan fingerprint density at radius 2 is 1.82 bits per heavy atom. The summed E-state index contributed by atoms with van der Waals surface area (Å²) in [6, 6.07) is 7.30. The van der Waals surface area contributed by atoms with E-state index >= 15 is 0 Å². The Morgan fingerprint density at radius 1 is 1.18 bits per heavy atom. The molecule has 1 aliphatic rings. The number of aromatic carboxylic acids is 1. The summed E-state index contributed by atoms with van der Waals surface area (Å²) in [5, 5.41) is 8.78. The molecule has 2 rings (SSSR count). The lowest BCUT2D eigenvalue weighted by atomic mass is 9.96. The summed E-state index contributed by atoms with van der Waals surface area (Å²) in [4.78, 5) is 15.2. The van der Waals surface area contributed by atoms with E-state index in [2.05, 4.69) is 4.99 Å². The molecule has 0 saturated heterocycles. The number of carboxylic acid groups (broad SMARTS) is 1. The summed E-state index contributed by atoms with van der Waals surface area (Å²) in [7, 11) is 0. The predicted octanol–water partition coefficient (Wildman–Crippen LogP) is 3.14. The number of rotatable bonds is 3. The van der Waals surface area contributed by atoms with E-state index in [1.165, 1.54) is 32.1 Å². The molecule has 17 heavy (non-hydrogen) atoms. The van der Waals surface area contributed by atoms with Gasteiger partial charge in [0.1, 0.15) is 0 Å². The van der Waals surface area contributed by atoms with Crippen molar-refractivity contribution in [2.75, 3.05) is 0 Å². The molecule has 0 aromatic heterocycles. The van der Waals surface area contributed by atoms with Gasteiger partial charge in [0, 0.05) is 12.3 Å². The molecule has 1 aromatic rings. The van der Waals surface area contributed by atoms with Crippen LogP contribution in [0.25, 0.3) is 0 Å². The molecule has 3 nitrogen and oxygen atoms in total. The topological polar surface area (TPSA) is 49.7 Å². The number of carbonyl (C=O) groups is 1. The largest absolute Gasteiger partial charge is 0.478 e. The third kappa shape index (κ3) is 3.41. The van der Waals surface area contributed by atoms with Gasteiger partial charge in [-0.25, -0.2) is 4.79 Å². The quantitative estimate of drug-likeness (QED) is 0.812. The van der Waals surface area contributed by atoms with E-state index in [-0.39, 0.29) is 0 Å². The molecule has 0 bridgehead atoms. The highest BCUT2D eigenvalue weighted by atomic mass is 16.4. The number of nitrogens with zero attached hydrogens (tertiary/aromatic N) is 1. The van der Waals surface area contributed by atoms with Crippen molar-refractivity contribution < 1.29 is 9.90 Å². The van der Waals surface area contributed by atoms with Gasteiger partial charge in [0.15, 0.2) is 0 Å². The average Bonchev–Trinajstić information content (AvgIpc) is 2.38. The monoisotopic (exact) mass is 231 g/mol. The summed E-state index contributed by atoms with van der Waals surface area (Å²) < 4.78 is 0. The predicted molar refractivity (Wildman–Crippen MR) is 67.9 cm³/mol. The molecule has 0 radical (unpaired) electrons. The minimum absolute atomic E-state index is 0.319. The van der Waals surface area contributed by atoms with Gasteiger partial charge in [-0.3, -0.25) is 4.99 Å². The molecule has 0 amide bonds. The van der Waals surface area contributed by atoms with Gasteiger partial charge in [-0.15, -0.1) is 0 Å². The Bertz CT molecular complexity index is 403. The van der Waals surface area contributed by atoms with Crippen LogP contribution in [0.3, 0.4) is 0 Å². The molecular weight excluding hydrogens is 214 g/mol. The van der Waals surface area contributed by atoms with Crippen molar-refractivity contribution >= 4 is 12.2 Å². The number of aliphatic imine (C=N–C) groups is 1. The first-order valence-corrected chi connectivity index (χ1v) is 6.12. The van der Waals surface area contributed by atoms with Gasteiger partial charge in [0.25, 0.3) is 0 Å². The first-order chi connectivity index (χ1) is 8.25. The third-order valence-electron chi connectivity index (χ3n) is 3.17. The van der Waals surface area contributed by atoms with Crippen molar-refractivity contribution in [3.63, 3.8) is 0 Å². The Hall–Kier alpha value is -1.64. The first-order valence-electron chi connectivity index (χ1n) is 6.12. The fraction of sp³-hybridized carbons (Fsp3) is 0.429. The van der Waals surface area contributed by atoms with Crippen LogP contribution in [-0.4, -0.2) is 23.3 Å². The molecule has 1 aliphatic carbocycles. The summed E-state index contributed by atoms with van der Waals surface area (Å²) >= 11 is 0. The van der Waals surface area contributed by atoms with Gasteiger partial charge in [0.05, 0.1) is 5.56 Å². The average molecular weight is 231 g/mol. The molecule has 3 heteroatoms. The van der Waals surface area contributed by atoms with Crippen molar-refractivity contribution in [3.8, 4) is 0 Å². The minimum atomic E-state index is -0.888. The van der Waals surface area contributed by atoms with Crippen molar-refractivity contribution in [1.29, 1.82) is 0 Å². The van der Waals surface area contributed by atoms with E-state index in [9.17, 15) is 4.79 Å². The number of carboxylic acids is 1. The summed E-state index contributed by atoms with van der Waals surface area (Å²) in [6.07, 6.45) is 8.12. The molecule has 0 unspecified atom stereocenters. The van der Waals surface area contributed by atoms with Gasteiger partial charge in [-0.05, 0) is 30.5 Å². The number of benzene rings is 1. The van der Waals surface area contributed by atoms with E-state index in [1.54, 1.807) is 24.3 Å². The molecule has 1 saturated carbocycles. The van der Waals surface area contributed by atoms with Crippen molar-refractivity contribution in [2.24, 2.45) is 4.99 Å². The molecular formula is C14H17NO2. The van der Waals surface area contributed by atoms with Gasteiger partial charge in [-0.1, -0.05) is 31.4 Å². The standard InChI is InChI=1S/C14H17NO2/c16-14(17)12-8-6-11(7-9-12)10-15-13-4-2-1-3-5-13/h6-10,13H,1-5H2,(H,16,17).